The Bertz CT molecular complexity index is 378. The Balaban J connectivity index is 5.30. The summed E-state index contributed by atoms with van der Waals surface area (Å²) in [7, 11) is -7.11. The van der Waals surface area contributed by atoms with Crippen LogP contribution in [0.15, 0.2) is 12.7 Å². The molecule has 0 unspecified atom stereocenters. The molecule has 0 saturated heterocycles. The molecule has 0 radical (unpaired) electrons. The lowest BCUT2D eigenvalue weighted by atomic mass is 10.5. The molecule has 0 atom stereocenters. The van der Waals surface area contributed by atoms with Crippen LogP contribution in [0.5, 0.6) is 0 Å². The SMILES string of the molecule is C=CC(=O)OCCC[Si](C[Si](C)(C)C)(O[Si](C)(C)C)O[Si](C)(C)C. The Labute approximate surface area is 153 Å². The monoisotopic (exact) mass is 406 g/mol. The van der Waals surface area contributed by atoms with Crippen LogP contribution >= 0.6 is 0 Å². The van der Waals surface area contributed by atoms with E-state index >= 15 is 0 Å². The van der Waals surface area contributed by atoms with Crippen LogP contribution in [0, 0.1) is 0 Å². The van der Waals surface area contributed by atoms with Crippen LogP contribution in [0.2, 0.25) is 70.6 Å². The van der Waals surface area contributed by atoms with Crippen molar-refractivity contribution in [1.29, 1.82) is 0 Å². The van der Waals surface area contributed by atoms with Crippen molar-refractivity contribution in [3.8, 4) is 0 Å². The zero-order valence-electron chi connectivity index (χ0n) is 17.2. The molecule has 4 nitrogen and oxygen atoms in total. The molecular formula is C16H38O4Si4. The van der Waals surface area contributed by atoms with Gasteiger partial charge in [-0.1, -0.05) is 26.2 Å². The van der Waals surface area contributed by atoms with Crippen molar-refractivity contribution in [2.24, 2.45) is 0 Å². The number of hydrogen-bond donors (Lipinski definition) is 0. The molecule has 0 aliphatic rings. The molecule has 0 aromatic rings. The largest absolute Gasteiger partial charge is 0.463 e. The van der Waals surface area contributed by atoms with E-state index in [2.05, 4.69) is 65.5 Å². The van der Waals surface area contributed by atoms with Gasteiger partial charge < -0.3 is 13.0 Å². The van der Waals surface area contributed by atoms with E-state index in [9.17, 15) is 4.79 Å². The maximum atomic E-state index is 11.3. The first-order valence-corrected chi connectivity index (χ1v) is 21.5. The van der Waals surface area contributed by atoms with E-state index in [4.69, 9.17) is 13.0 Å². The minimum absolute atomic E-state index is 0.357. The molecule has 0 aliphatic carbocycles. The summed E-state index contributed by atoms with van der Waals surface area (Å²) >= 11 is 0. The number of carbonyl (C=O) groups is 1. The van der Waals surface area contributed by atoms with Crippen LogP contribution in [-0.2, 0) is 17.8 Å². The lowest BCUT2D eigenvalue weighted by molar-refractivity contribution is -0.137. The molecule has 0 aromatic heterocycles. The Morgan fingerprint density at radius 3 is 1.71 bits per heavy atom. The topological polar surface area (TPSA) is 44.8 Å². The van der Waals surface area contributed by atoms with Crippen molar-refractivity contribution in [3.05, 3.63) is 12.7 Å². The van der Waals surface area contributed by atoms with Gasteiger partial charge in [0.05, 0.1) is 6.61 Å². The second-order valence-electron chi connectivity index (χ2n) is 9.55. The predicted octanol–water partition coefficient (Wildman–Crippen LogP) is 5.13. The van der Waals surface area contributed by atoms with Gasteiger partial charge in [0.2, 0.25) is 0 Å². The van der Waals surface area contributed by atoms with Crippen LogP contribution < -0.4 is 0 Å². The van der Waals surface area contributed by atoms with E-state index in [1.54, 1.807) is 0 Å². The molecule has 0 N–H and O–H groups in total. The second-order valence-corrected chi connectivity index (χ2v) is 28.5. The third kappa shape index (κ3) is 12.4. The summed E-state index contributed by atoms with van der Waals surface area (Å²) < 4.78 is 18.7. The summed E-state index contributed by atoms with van der Waals surface area (Å²) in [5.74, 6) is -0.357. The quantitative estimate of drug-likeness (QED) is 0.206. The molecule has 142 valence electrons. The van der Waals surface area contributed by atoms with E-state index in [0.717, 1.165) is 18.1 Å². The Morgan fingerprint density at radius 1 is 0.917 bits per heavy atom. The molecule has 0 bridgehead atoms. The fraction of sp³-hybridized carbons (Fsp3) is 0.812. The second kappa shape index (κ2) is 9.09. The molecule has 0 rings (SSSR count). The zero-order valence-corrected chi connectivity index (χ0v) is 21.2. The van der Waals surface area contributed by atoms with Gasteiger partial charge in [0, 0.05) is 14.1 Å². The standard InChI is InChI=1S/C16H38O4Si4/c1-11-16(17)18-13-12-14-24(15-21(2,3)4,19-22(5,6)7)20-23(8,9)10/h11H,1,12-15H2,2-10H3. The smallest absolute Gasteiger partial charge is 0.330 e. The van der Waals surface area contributed by atoms with Crippen molar-refractivity contribution in [3.63, 3.8) is 0 Å². The fourth-order valence-electron chi connectivity index (χ4n) is 2.78. The van der Waals surface area contributed by atoms with Crippen molar-refractivity contribution in [2.45, 2.75) is 77.1 Å². The summed E-state index contributed by atoms with van der Waals surface area (Å²) in [4.78, 5) is 11.3. The average Bonchev–Trinajstić information content (AvgIpc) is 2.27. The van der Waals surface area contributed by atoms with Crippen LogP contribution in [0.25, 0.3) is 0 Å². The molecule has 0 amide bonds. The van der Waals surface area contributed by atoms with Crippen LogP contribution in [0.1, 0.15) is 6.42 Å². The number of rotatable bonds is 11. The lowest BCUT2D eigenvalue weighted by Gasteiger charge is -2.43. The summed E-state index contributed by atoms with van der Waals surface area (Å²) in [6.07, 6.45) is 2.01. The van der Waals surface area contributed by atoms with Crippen LogP contribution in [0.4, 0.5) is 0 Å². The predicted molar refractivity (Wildman–Crippen MR) is 113 cm³/mol. The van der Waals surface area contributed by atoms with Crippen molar-refractivity contribution in [2.75, 3.05) is 6.61 Å². The number of hydrogen-bond acceptors (Lipinski definition) is 4. The normalized spacial score (nSPS) is 13.7. The Kier molecular flexibility index (Phi) is 9.08. The average molecular weight is 407 g/mol. The van der Waals surface area contributed by atoms with Gasteiger partial charge in [-0.25, -0.2) is 4.79 Å². The summed E-state index contributed by atoms with van der Waals surface area (Å²) in [6.45, 7) is 24.4. The summed E-state index contributed by atoms with van der Waals surface area (Å²) in [6, 6.07) is 0.899. The van der Waals surface area contributed by atoms with Gasteiger partial charge >= 0.3 is 14.5 Å². The van der Waals surface area contributed by atoms with Gasteiger partial charge in [0.15, 0.2) is 16.6 Å². The highest BCUT2D eigenvalue weighted by Gasteiger charge is 2.46. The maximum Gasteiger partial charge on any atom is 0.330 e. The maximum absolute atomic E-state index is 11.3. The number of carbonyl (C=O) groups excluding carboxylic acids is 1. The molecule has 0 aromatic carbocycles. The highest BCUT2D eigenvalue weighted by atomic mass is 28.5. The molecule has 24 heavy (non-hydrogen) atoms. The minimum Gasteiger partial charge on any atom is -0.463 e. The zero-order chi connectivity index (χ0) is 19.2. The van der Waals surface area contributed by atoms with Crippen molar-refractivity contribution < 1.29 is 17.8 Å². The van der Waals surface area contributed by atoms with Crippen molar-refractivity contribution >= 4 is 39.2 Å². The van der Waals surface area contributed by atoms with E-state index in [-0.39, 0.29) is 5.97 Å². The van der Waals surface area contributed by atoms with Gasteiger partial charge in [-0.2, -0.15) is 0 Å². The highest BCUT2D eigenvalue weighted by Crippen LogP contribution is 2.32. The van der Waals surface area contributed by atoms with Gasteiger partial charge in [-0.05, 0) is 57.4 Å². The third-order valence-electron chi connectivity index (χ3n) is 2.90. The number of esters is 1. The summed E-state index contributed by atoms with van der Waals surface area (Å²) in [5.41, 5.74) is 1.10. The molecule has 0 fully saturated rings. The highest BCUT2D eigenvalue weighted by molar-refractivity contribution is 6.97. The van der Waals surface area contributed by atoms with Crippen LogP contribution in [0.3, 0.4) is 0 Å². The molecule has 0 heterocycles. The molecule has 0 aliphatic heterocycles. The van der Waals surface area contributed by atoms with Gasteiger partial charge in [0.25, 0.3) is 0 Å². The summed E-state index contributed by atoms with van der Waals surface area (Å²) in [5, 5.41) is 0. The van der Waals surface area contributed by atoms with E-state index in [0.29, 0.717) is 6.61 Å². The van der Waals surface area contributed by atoms with Gasteiger partial charge in [0.1, 0.15) is 0 Å². The first kappa shape index (κ1) is 24.0. The molecule has 0 spiro atoms. The van der Waals surface area contributed by atoms with Crippen molar-refractivity contribution in [1.82, 2.24) is 0 Å². The molecular weight excluding hydrogens is 369 g/mol. The number of ether oxygens (including phenoxy) is 1. The Hall–Kier alpha value is -0.00247. The minimum atomic E-state index is -2.32. The first-order valence-electron chi connectivity index (χ1n) is 8.77. The fourth-order valence-corrected chi connectivity index (χ4v) is 22.8. The Morgan fingerprint density at radius 2 is 1.38 bits per heavy atom. The van der Waals surface area contributed by atoms with E-state index < -0.39 is 33.3 Å². The third-order valence-corrected chi connectivity index (χ3v) is 18.3. The first-order chi connectivity index (χ1) is 10.6. The van der Waals surface area contributed by atoms with E-state index in [1.807, 2.05) is 0 Å². The van der Waals surface area contributed by atoms with Crippen LogP contribution in [-0.4, -0.2) is 45.8 Å². The lowest BCUT2D eigenvalue weighted by Crippen LogP contribution is -2.57. The van der Waals surface area contributed by atoms with Gasteiger partial charge in [-0.3, -0.25) is 0 Å². The molecule has 8 heteroatoms. The van der Waals surface area contributed by atoms with E-state index in [1.165, 1.54) is 6.08 Å². The van der Waals surface area contributed by atoms with Gasteiger partial charge in [-0.15, -0.1) is 0 Å². The molecule has 0 saturated carbocycles.